The maximum atomic E-state index is 9.78. The number of halogens is 3. The molecular formula is C56H67Cl3N4O15. The summed E-state index contributed by atoms with van der Waals surface area (Å²) < 4.78 is 90.9. The SMILES string of the molecule is CC1C(O[C@@H]2OCC3(COCc4ccccc4)O[C@@H](c4ccccc4)O[C@H]23)[C@H](OCc2ccccc2)CO[C@H]1O[C@H]1C(C)O[C@@H](OC2C(C)[C@@H](N=[N+]=[N-])C(COCc3ccccc3)O[C@@H]2ONC(Cl)(Cl)Cl)C2OC(C)(C)OC21. The lowest BCUT2D eigenvalue weighted by atomic mass is 9.88. The number of rotatable bonds is 21. The summed E-state index contributed by atoms with van der Waals surface area (Å²) >= 11 is 18.3. The summed E-state index contributed by atoms with van der Waals surface area (Å²) in [5, 5.41) is 4.14. The monoisotopic (exact) mass is 1140 g/mol. The van der Waals surface area contributed by atoms with Gasteiger partial charge in [0.1, 0.15) is 42.2 Å². The largest absolute Gasteiger partial charge is 0.374 e. The molecule has 10 rings (SSSR count). The van der Waals surface area contributed by atoms with E-state index in [2.05, 4.69) is 15.5 Å². The third kappa shape index (κ3) is 13.8. The van der Waals surface area contributed by atoms with Crippen LogP contribution in [0.2, 0.25) is 0 Å². The smallest absolute Gasteiger partial charge is 0.266 e. The second kappa shape index (κ2) is 25.7. The highest BCUT2D eigenvalue weighted by Crippen LogP contribution is 2.47. The summed E-state index contributed by atoms with van der Waals surface area (Å²) in [6.07, 6.45) is -11.5. The molecule has 4 aromatic carbocycles. The van der Waals surface area contributed by atoms with E-state index in [-0.39, 0.29) is 33.0 Å². The molecule has 0 saturated carbocycles. The molecule has 0 aromatic heterocycles. The van der Waals surface area contributed by atoms with Crippen LogP contribution in [0, 0.1) is 11.8 Å². The Bertz CT molecular complexity index is 2560. The van der Waals surface area contributed by atoms with E-state index in [4.69, 9.17) is 106 Å². The molecule has 6 aliphatic rings. The molecule has 78 heavy (non-hydrogen) atoms. The first-order valence-electron chi connectivity index (χ1n) is 26.3. The lowest BCUT2D eigenvalue weighted by molar-refractivity contribution is -0.363. The first-order chi connectivity index (χ1) is 37.7. The van der Waals surface area contributed by atoms with Crippen LogP contribution >= 0.6 is 34.8 Å². The zero-order valence-electron chi connectivity index (χ0n) is 43.9. The Labute approximate surface area is 468 Å². The van der Waals surface area contributed by atoms with Crippen molar-refractivity contribution in [2.24, 2.45) is 17.0 Å². The normalized spacial score (nSPS) is 36.4. The highest BCUT2D eigenvalue weighted by Gasteiger charge is 2.62. The number of hydrogen-bond acceptors (Lipinski definition) is 17. The van der Waals surface area contributed by atoms with Crippen LogP contribution in [0.5, 0.6) is 0 Å². The Morgan fingerprint density at radius 1 is 0.654 bits per heavy atom. The minimum Gasteiger partial charge on any atom is -0.374 e. The van der Waals surface area contributed by atoms with E-state index in [1.54, 1.807) is 13.8 Å². The molecule has 4 aromatic rings. The summed E-state index contributed by atoms with van der Waals surface area (Å²) in [5.41, 5.74) is 15.0. The van der Waals surface area contributed by atoms with Crippen LogP contribution in [-0.2, 0) is 91.0 Å². The molecule has 6 fully saturated rings. The third-order valence-electron chi connectivity index (χ3n) is 14.8. The van der Waals surface area contributed by atoms with E-state index in [9.17, 15) is 5.53 Å². The Hall–Kier alpha value is -3.58. The maximum absolute atomic E-state index is 9.78. The van der Waals surface area contributed by atoms with Crippen LogP contribution in [0.3, 0.4) is 0 Å². The number of alkyl halides is 3. The molecule has 1 N–H and O–H groups in total. The van der Waals surface area contributed by atoms with Gasteiger partial charge in [0.25, 0.3) is 3.92 Å². The van der Waals surface area contributed by atoms with Crippen molar-refractivity contribution in [2.45, 2.75) is 162 Å². The van der Waals surface area contributed by atoms with Gasteiger partial charge in [0, 0.05) is 16.4 Å². The molecule has 0 spiro atoms. The molecule has 6 heterocycles. The molecule has 0 amide bonds. The number of nitrogens with one attached hydrogen (secondary N) is 1. The first-order valence-corrected chi connectivity index (χ1v) is 27.5. The molecule has 6 aliphatic heterocycles. The van der Waals surface area contributed by atoms with Crippen LogP contribution in [0.1, 0.15) is 63.2 Å². The number of benzene rings is 4. The Kier molecular flexibility index (Phi) is 19.0. The van der Waals surface area contributed by atoms with Crippen molar-refractivity contribution in [3.63, 3.8) is 0 Å². The minimum atomic E-state index is -2.04. The van der Waals surface area contributed by atoms with E-state index >= 15 is 0 Å². The van der Waals surface area contributed by atoms with Crippen molar-refractivity contribution < 1.29 is 71.2 Å². The quantitative estimate of drug-likeness (QED) is 0.0206. The zero-order chi connectivity index (χ0) is 54.4. The van der Waals surface area contributed by atoms with Crippen molar-refractivity contribution in [3.8, 4) is 0 Å². The van der Waals surface area contributed by atoms with Gasteiger partial charge in [-0.3, -0.25) is 4.84 Å². The topological polar surface area (TPSA) is 199 Å². The minimum absolute atomic E-state index is 0.0403. The summed E-state index contributed by atoms with van der Waals surface area (Å²) in [6, 6.07) is 38.5. The lowest BCUT2D eigenvalue weighted by Crippen LogP contribution is -2.63. The number of ether oxygens (including phenoxy) is 14. The fourth-order valence-electron chi connectivity index (χ4n) is 10.9. The van der Waals surface area contributed by atoms with Gasteiger partial charge >= 0.3 is 0 Å². The molecule has 18 atom stereocenters. The Morgan fingerprint density at radius 3 is 1.91 bits per heavy atom. The molecular weight excluding hydrogens is 1070 g/mol. The van der Waals surface area contributed by atoms with E-state index in [1.807, 2.05) is 142 Å². The molecule has 22 heteroatoms. The molecule has 0 radical (unpaired) electrons. The van der Waals surface area contributed by atoms with Crippen LogP contribution in [0.15, 0.2) is 126 Å². The molecule has 9 unspecified atom stereocenters. The molecule has 0 aliphatic carbocycles. The number of nitrogens with zero attached hydrogens (tertiary/aromatic N) is 3. The van der Waals surface area contributed by atoms with Gasteiger partial charge in [-0.25, -0.2) is 0 Å². The fraction of sp³-hybridized carbons (Fsp3) is 0.571. The van der Waals surface area contributed by atoms with Crippen molar-refractivity contribution >= 4 is 34.8 Å². The van der Waals surface area contributed by atoms with Gasteiger partial charge in [0.2, 0.25) is 6.29 Å². The van der Waals surface area contributed by atoms with E-state index < -0.39 is 120 Å². The van der Waals surface area contributed by atoms with Crippen molar-refractivity contribution in [3.05, 3.63) is 154 Å². The fourth-order valence-corrected chi connectivity index (χ4v) is 11.0. The molecule has 0 bridgehead atoms. The van der Waals surface area contributed by atoms with Crippen molar-refractivity contribution in [1.29, 1.82) is 0 Å². The maximum Gasteiger partial charge on any atom is 0.266 e. The number of azide groups is 1. The lowest BCUT2D eigenvalue weighted by Gasteiger charge is -2.48. The average Bonchev–Trinajstić information content (AvgIpc) is 4.30. The zero-order valence-corrected chi connectivity index (χ0v) is 46.2. The molecule has 19 nitrogen and oxygen atoms in total. The van der Waals surface area contributed by atoms with Crippen LogP contribution in [0.4, 0.5) is 0 Å². The Morgan fingerprint density at radius 2 is 1.26 bits per heavy atom. The summed E-state index contributed by atoms with van der Waals surface area (Å²) in [5.74, 6) is -2.15. The number of hydroxylamine groups is 1. The van der Waals surface area contributed by atoms with Gasteiger partial charge < -0.3 is 66.3 Å². The van der Waals surface area contributed by atoms with Gasteiger partial charge in [-0.05, 0) is 48.9 Å². The molecule has 6 saturated heterocycles. The third-order valence-corrected chi connectivity index (χ3v) is 15.0. The van der Waals surface area contributed by atoms with Crippen LogP contribution in [0.25, 0.3) is 10.4 Å². The predicted octanol–water partition coefficient (Wildman–Crippen LogP) is 9.52. The number of fused-ring (bicyclic) bond motifs is 2. The Balaban J connectivity index is 0.862. The van der Waals surface area contributed by atoms with E-state index in [0.717, 1.165) is 22.3 Å². The highest BCUT2D eigenvalue weighted by molar-refractivity contribution is 6.67. The van der Waals surface area contributed by atoms with Gasteiger partial charge in [0.05, 0.1) is 70.6 Å². The average molecular weight is 1140 g/mol. The van der Waals surface area contributed by atoms with E-state index in [0.29, 0.717) is 13.2 Å². The van der Waals surface area contributed by atoms with Gasteiger partial charge in [-0.15, -0.1) is 0 Å². The van der Waals surface area contributed by atoms with Crippen LogP contribution < -0.4 is 5.48 Å². The van der Waals surface area contributed by atoms with Crippen LogP contribution in [-0.4, -0.2) is 128 Å². The number of hydrogen-bond donors (Lipinski definition) is 1. The van der Waals surface area contributed by atoms with Gasteiger partial charge in [-0.2, -0.15) is 5.48 Å². The van der Waals surface area contributed by atoms with Gasteiger partial charge in [0.15, 0.2) is 30.9 Å². The van der Waals surface area contributed by atoms with Gasteiger partial charge in [-0.1, -0.05) is 175 Å². The predicted molar refractivity (Wildman–Crippen MR) is 282 cm³/mol. The summed E-state index contributed by atoms with van der Waals surface area (Å²) in [6.45, 7) is 10.7. The standard InChI is InChI=1S/C56H67Cl3N4O15/c1-33-42(61-63-60)40(29-64-26-36-18-10-6-11-19-36)70-52(78-62-56(57,58)59)44(33)72-51-47-46(75-54(4,5)76-47)45(35(3)69-51)73-49-34(2)43(41(30-67-49)66-28-38-22-14-8-15-23-38)71-53-48-55(32-68-53,31-65-27-37-20-12-7-13-21-37)77-50(74-48)39-24-16-9-17-25-39/h6-25,33-35,40-53,62H,26-32H2,1-5H3/t33?,34?,35?,40?,41-,42-,43?,44?,45+,46?,47?,48-,49+,50+,51+,52-,53+,55?/m1/s1. The van der Waals surface area contributed by atoms with E-state index in [1.165, 1.54) is 0 Å². The molecule has 422 valence electrons. The van der Waals surface area contributed by atoms with Crippen molar-refractivity contribution in [1.82, 2.24) is 5.48 Å². The summed E-state index contributed by atoms with van der Waals surface area (Å²) in [4.78, 5) is 9.06. The second-order valence-corrected chi connectivity index (χ2v) is 23.2. The second-order valence-electron chi connectivity index (χ2n) is 20.9. The first kappa shape index (κ1) is 57.6. The van der Waals surface area contributed by atoms with Crippen molar-refractivity contribution in [2.75, 3.05) is 26.4 Å². The summed E-state index contributed by atoms with van der Waals surface area (Å²) in [7, 11) is 0. The highest BCUT2D eigenvalue weighted by atomic mass is 35.6.